The van der Waals surface area contributed by atoms with Crippen molar-refractivity contribution in [3.8, 4) is 0 Å². The van der Waals surface area contributed by atoms with E-state index < -0.39 is 12.8 Å². The molecule has 1 unspecified atom stereocenters. The zero-order chi connectivity index (χ0) is 12.8. The summed E-state index contributed by atoms with van der Waals surface area (Å²) in [7, 11) is 0. The summed E-state index contributed by atoms with van der Waals surface area (Å²) < 4.78 is 39.9. The first-order chi connectivity index (χ1) is 7.21. The lowest BCUT2D eigenvalue weighted by atomic mass is 9.76. The molecule has 0 radical (unpaired) electrons. The van der Waals surface area contributed by atoms with Gasteiger partial charge in [0.15, 0.2) is 0 Å². The van der Waals surface area contributed by atoms with Crippen molar-refractivity contribution in [1.82, 2.24) is 0 Å². The fourth-order valence-corrected chi connectivity index (χ4v) is 1.39. The van der Waals surface area contributed by atoms with Crippen molar-refractivity contribution >= 4 is 0 Å². The SMILES string of the molecule is CC(C)C(C)(CN)CCCOCC(F)(F)F. The molecule has 0 amide bonds. The monoisotopic (exact) mass is 241 g/mol. The van der Waals surface area contributed by atoms with Gasteiger partial charge >= 0.3 is 6.18 Å². The molecule has 0 aromatic rings. The molecule has 0 heterocycles. The average Bonchev–Trinajstić information content (AvgIpc) is 2.14. The van der Waals surface area contributed by atoms with Crippen molar-refractivity contribution in [3.63, 3.8) is 0 Å². The van der Waals surface area contributed by atoms with Crippen LogP contribution in [0.1, 0.15) is 33.6 Å². The summed E-state index contributed by atoms with van der Waals surface area (Å²) in [6.07, 6.45) is -2.82. The number of alkyl halides is 3. The Labute approximate surface area is 95.3 Å². The van der Waals surface area contributed by atoms with Crippen molar-refractivity contribution in [2.24, 2.45) is 17.1 Å². The van der Waals surface area contributed by atoms with Crippen LogP contribution < -0.4 is 5.73 Å². The van der Waals surface area contributed by atoms with Crippen LogP contribution in [-0.4, -0.2) is 25.9 Å². The summed E-state index contributed by atoms with van der Waals surface area (Å²) >= 11 is 0. The molecule has 16 heavy (non-hydrogen) atoms. The van der Waals surface area contributed by atoms with Gasteiger partial charge in [-0.2, -0.15) is 13.2 Å². The molecular weight excluding hydrogens is 219 g/mol. The summed E-state index contributed by atoms with van der Waals surface area (Å²) in [4.78, 5) is 0. The van der Waals surface area contributed by atoms with Gasteiger partial charge in [0.05, 0.1) is 0 Å². The van der Waals surface area contributed by atoms with Gasteiger partial charge in [-0.1, -0.05) is 20.8 Å². The van der Waals surface area contributed by atoms with Crippen LogP contribution in [0.4, 0.5) is 13.2 Å². The van der Waals surface area contributed by atoms with Crippen LogP contribution in [0.2, 0.25) is 0 Å². The van der Waals surface area contributed by atoms with Gasteiger partial charge in [-0.25, -0.2) is 0 Å². The van der Waals surface area contributed by atoms with Gasteiger partial charge in [-0.05, 0) is 30.7 Å². The molecule has 5 heteroatoms. The molecule has 2 nitrogen and oxygen atoms in total. The maximum atomic E-state index is 11.8. The molecule has 0 rings (SSSR count). The minimum Gasteiger partial charge on any atom is -0.372 e. The number of ether oxygens (including phenoxy) is 1. The van der Waals surface area contributed by atoms with Gasteiger partial charge in [0, 0.05) is 6.61 Å². The predicted molar refractivity (Wildman–Crippen MR) is 58.1 cm³/mol. The van der Waals surface area contributed by atoms with E-state index in [0.717, 1.165) is 6.42 Å². The molecule has 1 atom stereocenters. The summed E-state index contributed by atoms with van der Waals surface area (Å²) in [5, 5.41) is 0. The number of hydrogen-bond acceptors (Lipinski definition) is 2. The molecule has 0 saturated carbocycles. The van der Waals surface area contributed by atoms with Gasteiger partial charge in [-0.3, -0.25) is 0 Å². The first-order valence-electron chi connectivity index (χ1n) is 5.56. The molecule has 0 bridgehead atoms. The van der Waals surface area contributed by atoms with Crippen LogP contribution in [-0.2, 0) is 4.74 Å². The Morgan fingerprint density at radius 2 is 1.81 bits per heavy atom. The summed E-state index contributed by atoms with van der Waals surface area (Å²) in [6.45, 7) is 5.73. The highest BCUT2D eigenvalue weighted by Crippen LogP contribution is 2.30. The highest BCUT2D eigenvalue weighted by molar-refractivity contribution is 4.78. The smallest absolute Gasteiger partial charge is 0.372 e. The van der Waals surface area contributed by atoms with E-state index in [0.29, 0.717) is 18.9 Å². The molecule has 0 aromatic carbocycles. The van der Waals surface area contributed by atoms with E-state index in [-0.39, 0.29) is 12.0 Å². The van der Waals surface area contributed by atoms with Crippen molar-refractivity contribution < 1.29 is 17.9 Å². The van der Waals surface area contributed by atoms with Gasteiger partial charge in [-0.15, -0.1) is 0 Å². The lowest BCUT2D eigenvalue weighted by Gasteiger charge is -2.32. The Hall–Kier alpha value is -0.290. The molecule has 0 aliphatic heterocycles. The van der Waals surface area contributed by atoms with E-state index in [1.165, 1.54) is 0 Å². The normalized spacial score (nSPS) is 16.5. The Bertz CT molecular complexity index is 194. The lowest BCUT2D eigenvalue weighted by molar-refractivity contribution is -0.174. The van der Waals surface area contributed by atoms with E-state index in [9.17, 15) is 13.2 Å². The Morgan fingerprint density at radius 1 is 1.25 bits per heavy atom. The molecule has 0 saturated heterocycles. The third-order valence-electron chi connectivity index (χ3n) is 3.16. The summed E-state index contributed by atoms with van der Waals surface area (Å²) in [5.41, 5.74) is 5.66. The second-order valence-electron chi connectivity index (χ2n) is 4.78. The highest BCUT2D eigenvalue weighted by Gasteiger charge is 2.28. The third-order valence-corrected chi connectivity index (χ3v) is 3.16. The standard InChI is InChI=1S/C11H22F3NO/c1-9(2)10(3,7-15)5-4-6-16-8-11(12,13)14/h9H,4-8,15H2,1-3H3. The van der Waals surface area contributed by atoms with Crippen LogP contribution >= 0.6 is 0 Å². The molecule has 2 N–H and O–H groups in total. The van der Waals surface area contributed by atoms with Crippen LogP contribution in [0, 0.1) is 11.3 Å². The van der Waals surface area contributed by atoms with E-state index in [1.54, 1.807) is 0 Å². The van der Waals surface area contributed by atoms with E-state index in [4.69, 9.17) is 5.73 Å². The molecule has 98 valence electrons. The topological polar surface area (TPSA) is 35.2 Å². The van der Waals surface area contributed by atoms with Crippen LogP contribution in [0.5, 0.6) is 0 Å². The molecule has 0 spiro atoms. The molecule has 0 aliphatic carbocycles. The average molecular weight is 241 g/mol. The van der Waals surface area contributed by atoms with Gasteiger partial charge in [0.25, 0.3) is 0 Å². The minimum absolute atomic E-state index is 0.0123. The zero-order valence-electron chi connectivity index (χ0n) is 10.2. The van der Waals surface area contributed by atoms with Gasteiger partial charge in [0.2, 0.25) is 0 Å². The maximum absolute atomic E-state index is 11.8. The lowest BCUT2D eigenvalue weighted by Crippen LogP contribution is -2.33. The maximum Gasteiger partial charge on any atom is 0.411 e. The molecular formula is C11H22F3NO. The Morgan fingerprint density at radius 3 is 2.19 bits per heavy atom. The Kier molecular flexibility index (Phi) is 6.33. The first kappa shape index (κ1) is 15.7. The summed E-state index contributed by atoms with van der Waals surface area (Å²) in [6, 6.07) is 0. The van der Waals surface area contributed by atoms with E-state index >= 15 is 0 Å². The van der Waals surface area contributed by atoms with Gasteiger partial charge in [0.1, 0.15) is 6.61 Å². The van der Waals surface area contributed by atoms with Crippen LogP contribution in [0.3, 0.4) is 0 Å². The number of nitrogens with two attached hydrogens (primary N) is 1. The largest absolute Gasteiger partial charge is 0.411 e. The highest BCUT2D eigenvalue weighted by atomic mass is 19.4. The second-order valence-corrected chi connectivity index (χ2v) is 4.78. The second kappa shape index (κ2) is 6.45. The zero-order valence-corrected chi connectivity index (χ0v) is 10.2. The first-order valence-corrected chi connectivity index (χ1v) is 5.56. The number of halogens is 3. The van der Waals surface area contributed by atoms with Crippen molar-refractivity contribution in [3.05, 3.63) is 0 Å². The van der Waals surface area contributed by atoms with Crippen molar-refractivity contribution in [1.29, 1.82) is 0 Å². The van der Waals surface area contributed by atoms with Gasteiger partial charge < -0.3 is 10.5 Å². The van der Waals surface area contributed by atoms with Crippen LogP contribution in [0.25, 0.3) is 0 Å². The van der Waals surface area contributed by atoms with Crippen LogP contribution in [0.15, 0.2) is 0 Å². The third kappa shape index (κ3) is 6.33. The van der Waals surface area contributed by atoms with Crippen molar-refractivity contribution in [2.75, 3.05) is 19.8 Å². The molecule has 0 aromatic heterocycles. The predicted octanol–water partition coefficient (Wildman–Crippen LogP) is 2.97. The van der Waals surface area contributed by atoms with Crippen molar-refractivity contribution in [2.45, 2.75) is 39.8 Å². The van der Waals surface area contributed by atoms with E-state index in [1.807, 2.05) is 0 Å². The fraction of sp³-hybridized carbons (Fsp3) is 1.00. The number of hydrogen-bond donors (Lipinski definition) is 1. The molecule has 0 aliphatic rings. The minimum atomic E-state index is -4.23. The summed E-state index contributed by atoms with van der Waals surface area (Å²) in [5.74, 6) is 0.417. The molecule has 0 fully saturated rings. The Balaban J connectivity index is 3.73. The number of rotatable bonds is 7. The fourth-order valence-electron chi connectivity index (χ4n) is 1.39. The van der Waals surface area contributed by atoms with E-state index in [2.05, 4.69) is 25.5 Å². The quantitative estimate of drug-likeness (QED) is 0.695.